The lowest BCUT2D eigenvalue weighted by Gasteiger charge is -2.18. The molecule has 0 aliphatic carbocycles. The molecule has 0 aliphatic heterocycles. The Labute approximate surface area is 126 Å². The highest BCUT2D eigenvalue weighted by atomic mass is 16.2. The Balaban J connectivity index is 2.73. The minimum atomic E-state index is -0.231. The van der Waals surface area contributed by atoms with E-state index in [4.69, 9.17) is 0 Å². The number of aryl methyl sites for hydroxylation is 1. The van der Waals surface area contributed by atoms with E-state index in [1.807, 2.05) is 20.8 Å². The first-order valence-electron chi connectivity index (χ1n) is 7.31. The summed E-state index contributed by atoms with van der Waals surface area (Å²) in [4.78, 5) is 23.6. The predicted molar refractivity (Wildman–Crippen MR) is 85.6 cm³/mol. The van der Waals surface area contributed by atoms with E-state index in [0.29, 0.717) is 23.7 Å². The molecule has 1 aromatic carbocycles. The summed E-state index contributed by atoms with van der Waals surface area (Å²) in [6.45, 7) is 10.4. The van der Waals surface area contributed by atoms with Gasteiger partial charge in [0.25, 0.3) is 5.91 Å². The van der Waals surface area contributed by atoms with Crippen LogP contribution in [0.3, 0.4) is 0 Å². The van der Waals surface area contributed by atoms with Gasteiger partial charge in [0.05, 0.1) is 0 Å². The summed E-state index contributed by atoms with van der Waals surface area (Å²) in [5, 5.41) is 8.44. The summed E-state index contributed by atoms with van der Waals surface area (Å²) < 4.78 is 0. The third-order valence-corrected chi connectivity index (χ3v) is 3.43. The van der Waals surface area contributed by atoms with Gasteiger partial charge in [0.1, 0.15) is 0 Å². The lowest BCUT2D eigenvalue weighted by Crippen LogP contribution is -2.39. The molecule has 0 bridgehead atoms. The molecule has 5 heteroatoms. The molecule has 0 heterocycles. The number of amides is 3. The molecule has 0 saturated heterocycles. The zero-order valence-electron chi connectivity index (χ0n) is 13.4. The number of hydrogen-bond acceptors (Lipinski definition) is 2. The van der Waals surface area contributed by atoms with Gasteiger partial charge in [-0.2, -0.15) is 0 Å². The zero-order chi connectivity index (χ0) is 16.0. The van der Waals surface area contributed by atoms with E-state index in [2.05, 4.69) is 29.8 Å². The Morgan fingerprint density at radius 3 is 2.38 bits per heavy atom. The van der Waals surface area contributed by atoms with Crippen LogP contribution in [0.1, 0.15) is 43.6 Å². The number of rotatable bonds is 5. The molecule has 21 heavy (non-hydrogen) atoms. The monoisotopic (exact) mass is 291 g/mol. The van der Waals surface area contributed by atoms with Gasteiger partial charge >= 0.3 is 6.03 Å². The fraction of sp³-hybridized carbons (Fsp3) is 0.500. The first-order valence-corrected chi connectivity index (χ1v) is 7.31. The molecule has 0 aromatic heterocycles. The van der Waals surface area contributed by atoms with Crippen LogP contribution in [0.4, 0.5) is 10.5 Å². The van der Waals surface area contributed by atoms with Crippen LogP contribution in [0.25, 0.3) is 0 Å². The van der Waals surface area contributed by atoms with Crippen LogP contribution in [0, 0.1) is 12.8 Å². The largest absolute Gasteiger partial charge is 0.352 e. The quantitative estimate of drug-likeness (QED) is 0.780. The molecule has 1 unspecified atom stereocenters. The number of carbonyl (C=O) groups excluding carboxylic acids is 2. The number of nitrogens with one attached hydrogen (secondary N) is 3. The molecule has 0 fully saturated rings. The average molecular weight is 291 g/mol. The minimum Gasteiger partial charge on any atom is -0.352 e. The van der Waals surface area contributed by atoms with Crippen molar-refractivity contribution < 1.29 is 9.59 Å². The minimum absolute atomic E-state index is 0.0971. The van der Waals surface area contributed by atoms with Crippen LogP contribution >= 0.6 is 0 Å². The third-order valence-electron chi connectivity index (χ3n) is 3.43. The lowest BCUT2D eigenvalue weighted by molar-refractivity contribution is 0.0955. The zero-order valence-corrected chi connectivity index (χ0v) is 13.4. The van der Waals surface area contributed by atoms with Gasteiger partial charge in [0, 0.05) is 23.8 Å². The topological polar surface area (TPSA) is 70.2 Å². The van der Waals surface area contributed by atoms with E-state index in [1.165, 1.54) is 0 Å². The van der Waals surface area contributed by atoms with Crippen molar-refractivity contribution in [2.75, 3.05) is 11.9 Å². The van der Waals surface area contributed by atoms with Gasteiger partial charge in [-0.3, -0.25) is 4.79 Å². The third kappa shape index (κ3) is 5.10. The van der Waals surface area contributed by atoms with Crippen molar-refractivity contribution in [1.29, 1.82) is 0 Å². The lowest BCUT2D eigenvalue weighted by atomic mass is 10.1. The maximum atomic E-state index is 11.9. The van der Waals surface area contributed by atoms with E-state index in [-0.39, 0.29) is 18.0 Å². The van der Waals surface area contributed by atoms with Crippen molar-refractivity contribution in [2.24, 2.45) is 5.92 Å². The van der Waals surface area contributed by atoms with Crippen LogP contribution in [-0.4, -0.2) is 24.5 Å². The first kappa shape index (κ1) is 17.0. The summed E-state index contributed by atoms with van der Waals surface area (Å²) in [5.41, 5.74) is 2.15. The molecule has 0 aliphatic rings. The summed E-state index contributed by atoms with van der Waals surface area (Å²) in [6.07, 6.45) is 0. The first-order chi connectivity index (χ1) is 9.85. The van der Waals surface area contributed by atoms with E-state index < -0.39 is 0 Å². The van der Waals surface area contributed by atoms with Crippen molar-refractivity contribution in [2.45, 2.75) is 40.7 Å². The van der Waals surface area contributed by atoms with Crippen molar-refractivity contribution >= 4 is 17.6 Å². The van der Waals surface area contributed by atoms with Crippen molar-refractivity contribution in [3.05, 3.63) is 29.3 Å². The second-order valence-corrected chi connectivity index (χ2v) is 5.52. The standard InChI is InChI=1S/C16H25N3O2/c1-6-17-15(20)13-7-8-14(11(4)9-13)19-16(21)18-12(5)10(2)3/h7-10,12H,6H2,1-5H3,(H,17,20)(H2,18,19,21). The van der Waals surface area contributed by atoms with E-state index in [9.17, 15) is 9.59 Å². The molecule has 1 rings (SSSR count). The summed E-state index contributed by atoms with van der Waals surface area (Å²) in [5.74, 6) is 0.266. The molecular weight excluding hydrogens is 266 g/mol. The second-order valence-electron chi connectivity index (χ2n) is 5.52. The van der Waals surface area contributed by atoms with Crippen LogP contribution < -0.4 is 16.0 Å². The van der Waals surface area contributed by atoms with Gasteiger partial charge in [0.2, 0.25) is 0 Å². The Kier molecular flexibility index (Phi) is 6.21. The van der Waals surface area contributed by atoms with Crippen molar-refractivity contribution in [3.8, 4) is 0 Å². The molecule has 1 atom stereocenters. The number of anilines is 1. The number of benzene rings is 1. The van der Waals surface area contributed by atoms with Gasteiger partial charge in [-0.25, -0.2) is 4.79 Å². The van der Waals surface area contributed by atoms with E-state index in [1.54, 1.807) is 18.2 Å². The van der Waals surface area contributed by atoms with Crippen LogP contribution in [0.2, 0.25) is 0 Å². The molecule has 0 spiro atoms. The highest BCUT2D eigenvalue weighted by Gasteiger charge is 2.12. The van der Waals surface area contributed by atoms with Gasteiger partial charge in [-0.1, -0.05) is 13.8 Å². The second kappa shape index (κ2) is 7.67. The molecule has 0 radical (unpaired) electrons. The maximum absolute atomic E-state index is 11.9. The Hall–Kier alpha value is -2.04. The number of urea groups is 1. The highest BCUT2D eigenvalue weighted by Crippen LogP contribution is 2.16. The smallest absolute Gasteiger partial charge is 0.319 e. The van der Waals surface area contributed by atoms with E-state index in [0.717, 1.165) is 5.56 Å². The van der Waals surface area contributed by atoms with Crippen LogP contribution in [-0.2, 0) is 0 Å². The SMILES string of the molecule is CCNC(=O)c1ccc(NC(=O)NC(C)C(C)C)c(C)c1. The maximum Gasteiger partial charge on any atom is 0.319 e. The Morgan fingerprint density at radius 2 is 1.86 bits per heavy atom. The number of hydrogen-bond donors (Lipinski definition) is 3. The van der Waals surface area contributed by atoms with Crippen LogP contribution in [0.5, 0.6) is 0 Å². The van der Waals surface area contributed by atoms with Crippen molar-refractivity contribution in [1.82, 2.24) is 10.6 Å². The normalized spacial score (nSPS) is 11.9. The van der Waals surface area contributed by atoms with Gasteiger partial charge in [-0.05, 0) is 50.5 Å². The van der Waals surface area contributed by atoms with Gasteiger partial charge < -0.3 is 16.0 Å². The van der Waals surface area contributed by atoms with Crippen molar-refractivity contribution in [3.63, 3.8) is 0 Å². The van der Waals surface area contributed by atoms with Gasteiger partial charge in [0.15, 0.2) is 0 Å². The van der Waals surface area contributed by atoms with Gasteiger partial charge in [-0.15, -0.1) is 0 Å². The number of carbonyl (C=O) groups is 2. The summed E-state index contributed by atoms with van der Waals surface area (Å²) >= 11 is 0. The fourth-order valence-corrected chi connectivity index (χ4v) is 1.74. The molecule has 0 saturated carbocycles. The molecular formula is C16H25N3O2. The Bertz CT molecular complexity index is 512. The van der Waals surface area contributed by atoms with E-state index >= 15 is 0 Å². The summed E-state index contributed by atoms with van der Waals surface area (Å²) in [7, 11) is 0. The molecule has 5 nitrogen and oxygen atoms in total. The predicted octanol–water partition coefficient (Wildman–Crippen LogP) is 2.91. The molecule has 116 valence electrons. The molecule has 3 N–H and O–H groups in total. The molecule has 3 amide bonds. The van der Waals surface area contributed by atoms with Crippen LogP contribution in [0.15, 0.2) is 18.2 Å². The average Bonchev–Trinajstić information content (AvgIpc) is 2.41. The Morgan fingerprint density at radius 1 is 1.19 bits per heavy atom. The highest BCUT2D eigenvalue weighted by molar-refractivity contribution is 5.96. The summed E-state index contributed by atoms with van der Waals surface area (Å²) in [6, 6.07) is 5.09. The fourth-order valence-electron chi connectivity index (χ4n) is 1.74. The molecule has 1 aromatic rings.